The van der Waals surface area contributed by atoms with Gasteiger partial charge in [-0.2, -0.15) is 14.9 Å². The molecular weight excluding hydrogens is 448 g/mol. The van der Waals surface area contributed by atoms with Gasteiger partial charge < -0.3 is 4.74 Å². The maximum Gasteiger partial charge on any atom is 0.216 e. The molecule has 0 aliphatic heterocycles. The molecule has 1 aromatic heterocycles. The quantitative estimate of drug-likeness (QED) is 0.288. The van der Waals surface area contributed by atoms with Gasteiger partial charge in [0.05, 0.1) is 6.21 Å². The fraction of sp³-hybridized carbons (Fsp3) is 0.0455. The monoisotopic (exact) mass is 464 g/mol. The molecule has 0 spiro atoms. The Labute approximate surface area is 181 Å². The van der Waals surface area contributed by atoms with Gasteiger partial charge >= 0.3 is 0 Å². The Kier molecular flexibility index (Phi) is 5.97. The van der Waals surface area contributed by atoms with Gasteiger partial charge in [-0.05, 0) is 59.7 Å². The van der Waals surface area contributed by atoms with Crippen LogP contribution in [-0.2, 0) is 6.61 Å². The summed E-state index contributed by atoms with van der Waals surface area (Å²) in [5.74, 6) is 1.45. The Balaban J connectivity index is 1.49. The Bertz CT molecular complexity index is 1180. The molecule has 4 rings (SSSR count). The number of aromatic amines is 1. The first-order valence-electron chi connectivity index (χ1n) is 8.94. The first-order chi connectivity index (χ1) is 14.2. The highest BCUT2D eigenvalue weighted by Gasteiger charge is 2.10. The molecule has 0 bridgehead atoms. The van der Waals surface area contributed by atoms with Gasteiger partial charge in [0, 0.05) is 10.0 Å². The van der Waals surface area contributed by atoms with Gasteiger partial charge in [0.15, 0.2) is 5.82 Å². The number of ether oxygens (including phenoxy) is 1. The van der Waals surface area contributed by atoms with Gasteiger partial charge in [-0.1, -0.05) is 58.4 Å². The SMILES string of the molecule is S=c1[nH]nc(-c2ccccc2Br)n1/N=C\c1ccc(OCc2ccccc2)cc1. The van der Waals surface area contributed by atoms with Crippen molar-refractivity contribution in [2.75, 3.05) is 0 Å². The molecule has 0 fully saturated rings. The van der Waals surface area contributed by atoms with E-state index in [0.717, 1.165) is 26.9 Å². The smallest absolute Gasteiger partial charge is 0.216 e. The van der Waals surface area contributed by atoms with E-state index in [2.05, 4.69) is 31.2 Å². The molecule has 0 aliphatic carbocycles. The van der Waals surface area contributed by atoms with E-state index in [1.54, 1.807) is 10.9 Å². The number of hydrogen-bond acceptors (Lipinski definition) is 4. The predicted octanol–water partition coefficient (Wildman–Crippen LogP) is 5.83. The minimum Gasteiger partial charge on any atom is -0.489 e. The molecule has 7 heteroatoms. The Morgan fingerprint density at radius 1 is 1.00 bits per heavy atom. The van der Waals surface area contributed by atoms with Crippen LogP contribution in [0.4, 0.5) is 0 Å². The zero-order valence-electron chi connectivity index (χ0n) is 15.3. The van der Waals surface area contributed by atoms with Crippen molar-refractivity contribution in [2.45, 2.75) is 6.61 Å². The summed E-state index contributed by atoms with van der Waals surface area (Å²) < 4.78 is 8.77. The molecule has 0 amide bonds. The topological polar surface area (TPSA) is 55.2 Å². The Morgan fingerprint density at radius 2 is 1.72 bits per heavy atom. The lowest BCUT2D eigenvalue weighted by atomic mass is 10.2. The number of benzene rings is 3. The molecule has 5 nitrogen and oxygen atoms in total. The molecule has 0 atom stereocenters. The third-order valence-corrected chi connectivity index (χ3v) is 5.17. The summed E-state index contributed by atoms with van der Waals surface area (Å²) in [5, 5.41) is 11.6. The first-order valence-corrected chi connectivity index (χ1v) is 10.1. The number of hydrogen-bond donors (Lipinski definition) is 1. The third kappa shape index (κ3) is 4.70. The fourth-order valence-corrected chi connectivity index (χ4v) is 3.37. The standard InChI is InChI=1S/C22H17BrN4OS/c23-20-9-5-4-8-19(20)21-25-26-22(29)27(21)24-14-16-10-12-18(13-11-16)28-15-17-6-2-1-3-7-17/h1-14H,15H2,(H,26,29)/b24-14-. The number of H-pyrrole nitrogens is 1. The van der Waals surface area contributed by atoms with Crippen molar-refractivity contribution in [3.63, 3.8) is 0 Å². The zero-order chi connectivity index (χ0) is 20.1. The van der Waals surface area contributed by atoms with Crippen LogP contribution in [0.1, 0.15) is 11.1 Å². The molecule has 0 saturated carbocycles. The van der Waals surface area contributed by atoms with Crippen LogP contribution in [0.5, 0.6) is 5.75 Å². The average Bonchev–Trinajstić information content (AvgIpc) is 3.13. The van der Waals surface area contributed by atoms with Crippen LogP contribution in [-0.4, -0.2) is 21.1 Å². The van der Waals surface area contributed by atoms with Crippen molar-refractivity contribution < 1.29 is 4.74 Å². The van der Waals surface area contributed by atoms with Crippen LogP contribution in [0.2, 0.25) is 0 Å². The first kappa shape index (κ1) is 19.3. The third-order valence-electron chi connectivity index (χ3n) is 4.22. The van der Waals surface area contributed by atoms with Crippen molar-refractivity contribution in [1.29, 1.82) is 0 Å². The fourth-order valence-electron chi connectivity index (χ4n) is 2.73. The summed E-state index contributed by atoms with van der Waals surface area (Å²) in [7, 11) is 0. The molecule has 1 heterocycles. The van der Waals surface area contributed by atoms with Gasteiger partial charge in [-0.25, -0.2) is 5.10 Å². The van der Waals surface area contributed by atoms with Crippen LogP contribution >= 0.6 is 28.1 Å². The number of halogens is 1. The zero-order valence-corrected chi connectivity index (χ0v) is 17.7. The maximum absolute atomic E-state index is 5.82. The summed E-state index contributed by atoms with van der Waals surface area (Å²) >= 11 is 8.87. The normalized spacial score (nSPS) is 11.1. The molecule has 1 N–H and O–H groups in total. The second kappa shape index (κ2) is 8.98. The maximum atomic E-state index is 5.82. The van der Waals surface area contributed by atoms with E-state index in [9.17, 15) is 0 Å². The van der Waals surface area contributed by atoms with E-state index >= 15 is 0 Å². The van der Waals surface area contributed by atoms with Crippen LogP contribution in [0.3, 0.4) is 0 Å². The van der Waals surface area contributed by atoms with Gasteiger partial charge in [0.1, 0.15) is 12.4 Å². The lowest BCUT2D eigenvalue weighted by Gasteiger charge is -2.06. The molecule has 3 aromatic carbocycles. The summed E-state index contributed by atoms with van der Waals surface area (Å²) in [6, 6.07) is 25.6. The molecule has 29 heavy (non-hydrogen) atoms. The number of aromatic nitrogens is 3. The van der Waals surface area contributed by atoms with Gasteiger partial charge in [-0.3, -0.25) is 0 Å². The average molecular weight is 465 g/mol. The summed E-state index contributed by atoms with van der Waals surface area (Å²) in [5.41, 5.74) is 2.96. The minimum absolute atomic E-state index is 0.426. The van der Waals surface area contributed by atoms with Crippen molar-refractivity contribution in [3.05, 3.63) is 99.2 Å². The highest BCUT2D eigenvalue weighted by molar-refractivity contribution is 9.10. The summed E-state index contributed by atoms with van der Waals surface area (Å²) in [6.07, 6.45) is 1.74. The molecule has 0 radical (unpaired) electrons. The lowest BCUT2D eigenvalue weighted by molar-refractivity contribution is 0.306. The predicted molar refractivity (Wildman–Crippen MR) is 121 cm³/mol. The van der Waals surface area contributed by atoms with Gasteiger partial charge in [0.2, 0.25) is 4.77 Å². The van der Waals surface area contributed by atoms with Crippen LogP contribution in [0.25, 0.3) is 11.4 Å². The van der Waals surface area contributed by atoms with Crippen LogP contribution in [0, 0.1) is 4.77 Å². The van der Waals surface area contributed by atoms with Crippen molar-refractivity contribution in [3.8, 4) is 17.1 Å². The summed E-state index contributed by atoms with van der Waals surface area (Å²) in [4.78, 5) is 0. The van der Waals surface area contributed by atoms with Crippen molar-refractivity contribution in [2.24, 2.45) is 5.10 Å². The highest BCUT2D eigenvalue weighted by atomic mass is 79.9. The Morgan fingerprint density at radius 3 is 2.48 bits per heavy atom. The van der Waals surface area contributed by atoms with E-state index in [1.165, 1.54) is 0 Å². The van der Waals surface area contributed by atoms with Crippen molar-refractivity contribution in [1.82, 2.24) is 14.9 Å². The summed E-state index contributed by atoms with van der Waals surface area (Å²) in [6.45, 7) is 0.535. The van der Waals surface area contributed by atoms with Crippen LogP contribution in [0.15, 0.2) is 88.4 Å². The van der Waals surface area contributed by atoms with E-state index in [0.29, 0.717) is 17.2 Å². The molecule has 0 aliphatic rings. The number of rotatable bonds is 6. The number of nitrogens with zero attached hydrogens (tertiary/aromatic N) is 3. The van der Waals surface area contributed by atoms with Gasteiger partial charge in [-0.15, -0.1) is 0 Å². The molecule has 0 saturated heterocycles. The van der Waals surface area contributed by atoms with E-state index < -0.39 is 0 Å². The Hall–Kier alpha value is -3.03. The van der Waals surface area contributed by atoms with E-state index in [-0.39, 0.29) is 0 Å². The molecule has 4 aromatic rings. The highest BCUT2D eigenvalue weighted by Crippen LogP contribution is 2.26. The van der Waals surface area contributed by atoms with E-state index in [1.807, 2.05) is 78.9 Å². The largest absolute Gasteiger partial charge is 0.489 e. The lowest BCUT2D eigenvalue weighted by Crippen LogP contribution is -1.96. The van der Waals surface area contributed by atoms with E-state index in [4.69, 9.17) is 17.0 Å². The minimum atomic E-state index is 0.426. The molecule has 0 unspecified atom stereocenters. The van der Waals surface area contributed by atoms with Crippen molar-refractivity contribution >= 4 is 34.4 Å². The van der Waals surface area contributed by atoms with Crippen LogP contribution < -0.4 is 4.74 Å². The molecule has 144 valence electrons. The second-order valence-electron chi connectivity index (χ2n) is 6.23. The number of nitrogens with one attached hydrogen (secondary N) is 1. The second-order valence-corrected chi connectivity index (χ2v) is 7.47. The molecular formula is C22H17BrN4OS. The van der Waals surface area contributed by atoms with Gasteiger partial charge in [0.25, 0.3) is 0 Å².